The van der Waals surface area contributed by atoms with Crippen LogP contribution in [0.15, 0.2) is 0 Å². The molecule has 45 valence electrons. The van der Waals surface area contributed by atoms with E-state index in [2.05, 4.69) is 0 Å². The third-order valence-electron chi connectivity index (χ3n) is 0. The zero-order valence-corrected chi connectivity index (χ0v) is 7.54. The Morgan fingerprint density at radius 1 is 0.667 bits per heavy atom. The molecule has 0 rings (SSSR count). The van der Waals surface area contributed by atoms with Crippen LogP contribution in [-0.2, 0) is 9.21 Å². The zero-order valence-electron chi connectivity index (χ0n) is 2.21. The average Bonchev–Trinajstić information content (AvgIpc) is 0.650. The van der Waals surface area contributed by atoms with Crippen LogP contribution in [-0.4, -0.2) is 0 Å². The van der Waals surface area contributed by atoms with Gasteiger partial charge >= 0.3 is 56.9 Å². The monoisotopic (exact) mass is 281 g/mol. The Balaban J connectivity index is 3.73. The van der Waals surface area contributed by atoms with Crippen molar-refractivity contribution in [3.8, 4) is 0 Å². The molecule has 6 heteroatoms. The number of hydrogen-bond donors (Lipinski definition) is 0. The van der Waals surface area contributed by atoms with Gasteiger partial charge in [0.15, 0.2) is 0 Å². The van der Waals surface area contributed by atoms with Gasteiger partial charge in [0.2, 0.25) is 0 Å². The van der Waals surface area contributed by atoms with Crippen molar-refractivity contribution >= 4 is 47.6 Å². The van der Waals surface area contributed by atoms with Crippen molar-refractivity contribution in [3.05, 3.63) is 0 Å². The summed E-state index contributed by atoms with van der Waals surface area (Å²) < 4.78 is 0. The van der Waals surface area contributed by atoms with Crippen LogP contribution < -0.4 is 0 Å². The quantitative estimate of drug-likeness (QED) is 0.598. The van der Waals surface area contributed by atoms with E-state index in [1.165, 1.54) is 0 Å². The predicted octanol–water partition coefficient (Wildman–Crippen LogP) is 3.44. The Labute approximate surface area is 56.3 Å². The zero-order chi connectivity index (χ0) is 5.45. The molecule has 0 saturated carbocycles. The molecule has 0 fully saturated rings. The first-order valence-corrected chi connectivity index (χ1v) is 10.6. The van der Waals surface area contributed by atoms with Crippen molar-refractivity contribution in [1.29, 1.82) is 0 Å². The molecule has 0 aliphatic carbocycles. The Morgan fingerprint density at radius 3 is 0.667 bits per heavy atom. The van der Waals surface area contributed by atoms with Gasteiger partial charge in [0, 0.05) is 0 Å². The van der Waals surface area contributed by atoms with Gasteiger partial charge in [0.25, 0.3) is 0 Å². The summed E-state index contributed by atoms with van der Waals surface area (Å²) in [4.78, 5) is 0. The van der Waals surface area contributed by atoms with Crippen molar-refractivity contribution in [1.82, 2.24) is 0 Å². The average molecular weight is 284 g/mol. The van der Waals surface area contributed by atoms with Crippen molar-refractivity contribution in [3.63, 3.8) is 0 Å². The van der Waals surface area contributed by atoms with E-state index < -0.39 is 9.21 Å². The van der Waals surface area contributed by atoms with E-state index in [1.54, 1.807) is 0 Å². The van der Waals surface area contributed by atoms with E-state index >= 15 is 0 Å². The fourth-order valence-corrected chi connectivity index (χ4v) is 0. The van der Waals surface area contributed by atoms with Gasteiger partial charge in [0.1, 0.15) is 0 Å². The molecule has 0 N–H and O–H groups in total. The van der Waals surface area contributed by atoms with Crippen molar-refractivity contribution in [2.24, 2.45) is 0 Å². The standard InChI is InChI=1S/5ClH.Pd/h5*1H;/q;;;;;+5/p-5. The molecule has 0 spiro atoms. The molecule has 0 saturated heterocycles. The predicted molar refractivity (Wildman–Crippen MR) is 29.3 cm³/mol. The summed E-state index contributed by atoms with van der Waals surface area (Å²) in [5, 5.41) is 0. The van der Waals surface area contributed by atoms with Crippen LogP contribution in [0.5, 0.6) is 0 Å². The maximum atomic E-state index is 5.01. The minimum absolute atomic E-state index is 3.97. The number of halogens is 5. The van der Waals surface area contributed by atoms with Crippen molar-refractivity contribution < 1.29 is 9.21 Å². The molecular formula is Cl5Pd. The molecule has 0 atom stereocenters. The second-order valence-electron chi connectivity index (χ2n) is 0.452. The van der Waals surface area contributed by atoms with Crippen LogP contribution in [0, 0.1) is 0 Å². The molecule has 0 bridgehead atoms. The summed E-state index contributed by atoms with van der Waals surface area (Å²) in [5.74, 6) is 0. The Hall–Kier alpha value is 2.11. The molecule has 0 aromatic carbocycles. The van der Waals surface area contributed by atoms with E-state index in [1.807, 2.05) is 0 Å². The molecule has 0 aromatic heterocycles. The van der Waals surface area contributed by atoms with Gasteiger partial charge in [-0.1, -0.05) is 0 Å². The maximum absolute atomic E-state index is 5.01. The second-order valence-corrected chi connectivity index (χ2v) is 24.1. The van der Waals surface area contributed by atoms with Crippen LogP contribution >= 0.6 is 47.6 Å². The molecule has 0 heterocycles. The van der Waals surface area contributed by atoms with Gasteiger partial charge in [-0.25, -0.2) is 0 Å². The van der Waals surface area contributed by atoms with Gasteiger partial charge < -0.3 is 0 Å². The van der Waals surface area contributed by atoms with Crippen LogP contribution in [0.3, 0.4) is 0 Å². The third-order valence-corrected chi connectivity index (χ3v) is 0. The van der Waals surface area contributed by atoms with E-state index in [-0.39, 0.29) is 0 Å². The van der Waals surface area contributed by atoms with E-state index in [0.29, 0.717) is 0 Å². The second kappa shape index (κ2) is 1.81. The topological polar surface area (TPSA) is 0 Å². The summed E-state index contributed by atoms with van der Waals surface area (Å²) in [6.45, 7) is 0. The van der Waals surface area contributed by atoms with E-state index in [4.69, 9.17) is 47.6 Å². The summed E-state index contributed by atoms with van der Waals surface area (Å²) in [6, 6.07) is 0. The van der Waals surface area contributed by atoms with E-state index in [0.717, 1.165) is 0 Å². The van der Waals surface area contributed by atoms with Gasteiger partial charge in [-0.15, -0.1) is 0 Å². The van der Waals surface area contributed by atoms with Crippen molar-refractivity contribution in [2.45, 2.75) is 0 Å². The summed E-state index contributed by atoms with van der Waals surface area (Å²) in [6.07, 6.45) is 0. The molecule has 0 unspecified atom stereocenters. The molecule has 0 aliphatic rings. The number of hydrogen-bond acceptors (Lipinski definition) is 0. The fraction of sp³-hybridized carbons (Fsp3) is 0. The van der Waals surface area contributed by atoms with Gasteiger partial charge in [-0.2, -0.15) is 0 Å². The van der Waals surface area contributed by atoms with Gasteiger partial charge in [-0.05, 0) is 0 Å². The summed E-state index contributed by atoms with van der Waals surface area (Å²) in [7, 11) is 21.1. The Bertz CT molecular complexity index is 37.1. The molecular weight excluding hydrogens is 284 g/mol. The molecule has 0 aliphatic heterocycles. The third kappa shape index (κ3) is 35.8. The van der Waals surface area contributed by atoms with Crippen molar-refractivity contribution in [2.75, 3.05) is 0 Å². The van der Waals surface area contributed by atoms with Gasteiger partial charge in [0.05, 0.1) is 0 Å². The molecule has 0 amide bonds. The first-order valence-electron chi connectivity index (χ1n) is 0.598. The summed E-state index contributed by atoms with van der Waals surface area (Å²) in [5.41, 5.74) is 0. The normalized spacial score (nSPS) is 19.2. The van der Waals surface area contributed by atoms with E-state index in [9.17, 15) is 0 Å². The summed E-state index contributed by atoms with van der Waals surface area (Å²) >= 11 is 0. The Kier molecular flexibility index (Phi) is 2.45. The van der Waals surface area contributed by atoms with Crippen LogP contribution in [0.4, 0.5) is 0 Å². The first-order chi connectivity index (χ1) is 2.24. The number of rotatable bonds is 0. The van der Waals surface area contributed by atoms with Crippen LogP contribution in [0.1, 0.15) is 0 Å². The molecule has 0 nitrogen and oxygen atoms in total. The van der Waals surface area contributed by atoms with Crippen LogP contribution in [0.25, 0.3) is 0 Å². The molecule has 0 aromatic rings. The minimum atomic E-state index is -3.97. The SMILES string of the molecule is [Cl][Pd]([Cl])([Cl])([Cl])[Cl]. The Morgan fingerprint density at radius 2 is 0.667 bits per heavy atom. The van der Waals surface area contributed by atoms with Gasteiger partial charge in [-0.3, -0.25) is 0 Å². The van der Waals surface area contributed by atoms with Crippen LogP contribution in [0.2, 0.25) is 0 Å². The molecule has 6 heavy (non-hydrogen) atoms. The first kappa shape index (κ1) is 8.11. The fourth-order valence-electron chi connectivity index (χ4n) is 0. The molecule has 0 radical (unpaired) electrons.